The van der Waals surface area contributed by atoms with Crippen molar-refractivity contribution in [3.8, 4) is 0 Å². The zero-order valence-electron chi connectivity index (χ0n) is 11.6. The number of carbonyl (C=O) groups excluding carboxylic acids is 1. The molecule has 0 aliphatic rings. The van der Waals surface area contributed by atoms with E-state index < -0.39 is 0 Å². The fraction of sp³-hybridized carbons (Fsp3) is 0.692. The second-order valence-electron chi connectivity index (χ2n) is 4.36. The van der Waals surface area contributed by atoms with Gasteiger partial charge in [-0.25, -0.2) is 0 Å². The Balaban J connectivity index is 2.33. The third-order valence-electron chi connectivity index (χ3n) is 3.09. The maximum atomic E-state index is 11.0. The maximum Gasteiger partial charge on any atom is 0.221 e. The van der Waals surface area contributed by atoms with E-state index in [4.69, 9.17) is 0 Å². The molecular weight excluding hydrogens is 228 g/mol. The van der Waals surface area contributed by atoms with E-state index in [2.05, 4.69) is 29.6 Å². The van der Waals surface area contributed by atoms with Crippen LogP contribution in [0.25, 0.3) is 0 Å². The number of amides is 1. The lowest BCUT2D eigenvalue weighted by Crippen LogP contribution is -2.24. The second kappa shape index (κ2) is 7.87. The molecule has 5 heteroatoms. The zero-order valence-corrected chi connectivity index (χ0v) is 11.6. The van der Waals surface area contributed by atoms with Crippen molar-refractivity contribution >= 4 is 5.91 Å². The van der Waals surface area contributed by atoms with Crippen LogP contribution in [0.5, 0.6) is 0 Å². The molecule has 2 N–H and O–H groups in total. The van der Waals surface area contributed by atoms with Crippen LogP contribution in [0, 0.1) is 0 Å². The first kappa shape index (κ1) is 14.7. The standard InChI is InChI=1S/C13H24N4O/c1-4-12(5-2)17-9-7-11(16-17)10-15-8-6-13(18)14-3/h7,9,12,15H,4-6,8,10H2,1-3H3,(H,14,18). The molecule has 0 bridgehead atoms. The number of hydrogen-bond acceptors (Lipinski definition) is 3. The van der Waals surface area contributed by atoms with E-state index in [1.807, 2.05) is 16.9 Å². The molecule has 0 aliphatic carbocycles. The number of rotatable bonds is 8. The van der Waals surface area contributed by atoms with Crippen LogP contribution >= 0.6 is 0 Å². The first-order chi connectivity index (χ1) is 8.71. The largest absolute Gasteiger partial charge is 0.359 e. The third kappa shape index (κ3) is 4.49. The molecule has 5 nitrogen and oxygen atoms in total. The van der Waals surface area contributed by atoms with Crippen molar-refractivity contribution in [2.75, 3.05) is 13.6 Å². The molecular formula is C13H24N4O. The van der Waals surface area contributed by atoms with Crippen molar-refractivity contribution in [3.05, 3.63) is 18.0 Å². The van der Waals surface area contributed by atoms with Gasteiger partial charge < -0.3 is 10.6 Å². The topological polar surface area (TPSA) is 59.0 Å². The molecule has 0 fully saturated rings. The van der Waals surface area contributed by atoms with Crippen LogP contribution in [0.3, 0.4) is 0 Å². The first-order valence-electron chi connectivity index (χ1n) is 6.66. The Labute approximate surface area is 109 Å². The number of carbonyl (C=O) groups is 1. The van der Waals surface area contributed by atoms with Crippen LogP contribution in [0.1, 0.15) is 44.8 Å². The zero-order chi connectivity index (χ0) is 13.4. The average Bonchev–Trinajstić information content (AvgIpc) is 2.84. The molecule has 1 aromatic heterocycles. The predicted octanol–water partition coefficient (Wildman–Crippen LogP) is 1.47. The smallest absolute Gasteiger partial charge is 0.221 e. The van der Waals surface area contributed by atoms with Gasteiger partial charge in [0.2, 0.25) is 5.91 Å². The van der Waals surface area contributed by atoms with Crippen molar-refractivity contribution < 1.29 is 4.79 Å². The lowest BCUT2D eigenvalue weighted by molar-refractivity contribution is -0.120. The lowest BCUT2D eigenvalue weighted by atomic mass is 10.2. The summed E-state index contributed by atoms with van der Waals surface area (Å²) in [6.07, 6.45) is 4.74. The molecule has 0 radical (unpaired) electrons. The van der Waals surface area contributed by atoms with E-state index in [1.165, 1.54) is 0 Å². The minimum atomic E-state index is 0.0602. The molecule has 18 heavy (non-hydrogen) atoms. The summed E-state index contributed by atoms with van der Waals surface area (Å²) in [4.78, 5) is 11.0. The Morgan fingerprint density at radius 3 is 2.78 bits per heavy atom. The highest BCUT2D eigenvalue weighted by molar-refractivity contribution is 5.75. The van der Waals surface area contributed by atoms with Gasteiger partial charge in [-0.1, -0.05) is 13.8 Å². The highest BCUT2D eigenvalue weighted by Gasteiger charge is 2.07. The Hall–Kier alpha value is -1.36. The summed E-state index contributed by atoms with van der Waals surface area (Å²) in [7, 11) is 1.65. The lowest BCUT2D eigenvalue weighted by Gasteiger charge is -2.12. The minimum absolute atomic E-state index is 0.0602. The first-order valence-corrected chi connectivity index (χ1v) is 6.66. The van der Waals surface area contributed by atoms with E-state index >= 15 is 0 Å². The van der Waals surface area contributed by atoms with E-state index in [0.717, 1.165) is 18.5 Å². The molecule has 1 amide bonds. The number of nitrogens with one attached hydrogen (secondary N) is 2. The Bertz CT molecular complexity index is 358. The van der Waals surface area contributed by atoms with Gasteiger partial charge >= 0.3 is 0 Å². The summed E-state index contributed by atoms with van der Waals surface area (Å²) >= 11 is 0. The van der Waals surface area contributed by atoms with Crippen molar-refractivity contribution in [1.82, 2.24) is 20.4 Å². The number of aromatic nitrogens is 2. The maximum absolute atomic E-state index is 11.0. The van der Waals surface area contributed by atoms with Crippen molar-refractivity contribution in [1.29, 1.82) is 0 Å². The third-order valence-corrected chi connectivity index (χ3v) is 3.09. The van der Waals surface area contributed by atoms with Gasteiger partial charge in [0.05, 0.1) is 11.7 Å². The quantitative estimate of drug-likeness (QED) is 0.689. The monoisotopic (exact) mass is 252 g/mol. The fourth-order valence-electron chi connectivity index (χ4n) is 1.88. The van der Waals surface area contributed by atoms with Gasteiger partial charge in [-0.3, -0.25) is 9.48 Å². The highest BCUT2D eigenvalue weighted by Crippen LogP contribution is 2.14. The van der Waals surface area contributed by atoms with Gasteiger partial charge in [-0.2, -0.15) is 5.10 Å². The highest BCUT2D eigenvalue weighted by atomic mass is 16.1. The summed E-state index contributed by atoms with van der Waals surface area (Å²) in [5.74, 6) is 0.0602. The summed E-state index contributed by atoms with van der Waals surface area (Å²) < 4.78 is 2.04. The average molecular weight is 252 g/mol. The molecule has 0 aromatic carbocycles. The van der Waals surface area contributed by atoms with E-state index in [-0.39, 0.29) is 5.91 Å². The number of hydrogen-bond donors (Lipinski definition) is 2. The van der Waals surface area contributed by atoms with Gasteiger partial charge in [0.15, 0.2) is 0 Å². The number of nitrogens with zero attached hydrogens (tertiary/aromatic N) is 2. The molecule has 0 saturated heterocycles. The summed E-state index contributed by atoms with van der Waals surface area (Å²) in [6.45, 7) is 5.75. The van der Waals surface area contributed by atoms with Gasteiger partial charge in [0, 0.05) is 32.8 Å². The van der Waals surface area contributed by atoms with Crippen molar-refractivity contribution in [2.45, 2.75) is 45.7 Å². The predicted molar refractivity (Wildman–Crippen MR) is 72.2 cm³/mol. The van der Waals surface area contributed by atoms with E-state index in [0.29, 0.717) is 25.6 Å². The molecule has 0 spiro atoms. The molecule has 1 heterocycles. The van der Waals surface area contributed by atoms with Gasteiger partial charge in [0.25, 0.3) is 0 Å². The van der Waals surface area contributed by atoms with Crippen LogP contribution in [0.2, 0.25) is 0 Å². The van der Waals surface area contributed by atoms with Gasteiger partial charge in [-0.15, -0.1) is 0 Å². The molecule has 1 rings (SSSR count). The molecule has 102 valence electrons. The van der Waals surface area contributed by atoms with Crippen molar-refractivity contribution in [2.24, 2.45) is 0 Å². The SMILES string of the molecule is CCC(CC)n1ccc(CNCCC(=O)NC)n1. The van der Waals surface area contributed by atoms with E-state index in [1.54, 1.807) is 7.05 Å². The molecule has 1 aromatic rings. The van der Waals surface area contributed by atoms with Gasteiger partial charge in [-0.05, 0) is 18.9 Å². The normalized spacial score (nSPS) is 10.9. The second-order valence-corrected chi connectivity index (χ2v) is 4.36. The van der Waals surface area contributed by atoms with E-state index in [9.17, 15) is 4.79 Å². The van der Waals surface area contributed by atoms with Crippen LogP contribution in [-0.4, -0.2) is 29.3 Å². The summed E-state index contributed by atoms with van der Waals surface area (Å²) in [6, 6.07) is 2.52. The Morgan fingerprint density at radius 2 is 2.17 bits per heavy atom. The summed E-state index contributed by atoms with van der Waals surface area (Å²) in [5.41, 5.74) is 1.03. The minimum Gasteiger partial charge on any atom is -0.359 e. The van der Waals surface area contributed by atoms with Crippen LogP contribution in [0.15, 0.2) is 12.3 Å². The molecule has 0 aliphatic heterocycles. The van der Waals surface area contributed by atoms with Crippen LogP contribution in [-0.2, 0) is 11.3 Å². The summed E-state index contributed by atoms with van der Waals surface area (Å²) in [5, 5.41) is 10.4. The van der Waals surface area contributed by atoms with Crippen LogP contribution in [0.4, 0.5) is 0 Å². The van der Waals surface area contributed by atoms with Crippen LogP contribution < -0.4 is 10.6 Å². The Kier molecular flexibility index (Phi) is 6.43. The fourth-order valence-corrected chi connectivity index (χ4v) is 1.88. The van der Waals surface area contributed by atoms with Crippen molar-refractivity contribution in [3.63, 3.8) is 0 Å². The Morgan fingerprint density at radius 1 is 1.44 bits per heavy atom. The molecule has 0 atom stereocenters. The van der Waals surface area contributed by atoms with Gasteiger partial charge in [0.1, 0.15) is 0 Å². The molecule has 0 saturated carbocycles. The molecule has 0 unspecified atom stereocenters.